The van der Waals surface area contributed by atoms with Crippen LogP contribution in [0.5, 0.6) is 0 Å². The molecule has 2 aromatic carbocycles. The quantitative estimate of drug-likeness (QED) is 0.930. The highest BCUT2D eigenvalue weighted by Crippen LogP contribution is 2.39. The summed E-state index contributed by atoms with van der Waals surface area (Å²) >= 11 is 1.70. The van der Waals surface area contributed by atoms with Crippen molar-refractivity contribution in [2.24, 2.45) is 0 Å². The van der Waals surface area contributed by atoms with E-state index in [1.165, 1.54) is 4.90 Å². The molecule has 1 atom stereocenters. The molecular formula is C19H20N2O2S. The summed E-state index contributed by atoms with van der Waals surface area (Å²) in [5.41, 5.74) is 3.14. The molecule has 1 heterocycles. The van der Waals surface area contributed by atoms with Gasteiger partial charge in [-0.2, -0.15) is 0 Å². The Hall–Kier alpha value is -2.27. The summed E-state index contributed by atoms with van der Waals surface area (Å²) in [6.07, 6.45) is 0. The van der Waals surface area contributed by atoms with Crippen LogP contribution in [0, 0.1) is 6.92 Å². The standard InChI is InChI=1S/C19H20N2O2S/c1-12-8-9-16(14(10-12)19(23)21(2)3)20-18(22)15-11-24-17-7-5-4-6-13(15)17/h4-10,15H,11H2,1-3H3,(H,20,22)/t15-/m0/s1. The average Bonchev–Trinajstić information content (AvgIpc) is 2.99. The first kappa shape index (κ1) is 16.6. The minimum absolute atomic E-state index is 0.0656. The molecule has 0 aromatic heterocycles. The number of carbonyl (C=O) groups is 2. The summed E-state index contributed by atoms with van der Waals surface area (Å²) in [5, 5.41) is 2.96. The van der Waals surface area contributed by atoms with Gasteiger partial charge in [-0.05, 0) is 30.7 Å². The maximum absolute atomic E-state index is 12.8. The number of carbonyl (C=O) groups excluding carboxylic acids is 2. The first-order chi connectivity index (χ1) is 11.5. The molecule has 0 saturated heterocycles. The van der Waals surface area contributed by atoms with Crippen molar-refractivity contribution < 1.29 is 9.59 Å². The van der Waals surface area contributed by atoms with E-state index in [1.807, 2.05) is 43.3 Å². The van der Waals surface area contributed by atoms with Crippen LogP contribution in [-0.2, 0) is 4.79 Å². The molecule has 2 aromatic rings. The molecular weight excluding hydrogens is 320 g/mol. The fourth-order valence-electron chi connectivity index (χ4n) is 2.78. The number of anilines is 1. The molecule has 0 aliphatic carbocycles. The fraction of sp³-hybridized carbons (Fsp3) is 0.263. The Kier molecular flexibility index (Phi) is 4.62. The van der Waals surface area contributed by atoms with Crippen molar-refractivity contribution in [3.8, 4) is 0 Å². The zero-order valence-electron chi connectivity index (χ0n) is 14.0. The molecule has 124 valence electrons. The van der Waals surface area contributed by atoms with Crippen molar-refractivity contribution in [3.63, 3.8) is 0 Å². The Morgan fingerprint density at radius 2 is 1.92 bits per heavy atom. The van der Waals surface area contributed by atoms with Crippen molar-refractivity contribution >= 4 is 29.3 Å². The molecule has 5 heteroatoms. The van der Waals surface area contributed by atoms with Crippen molar-refractivity contribution in [3.05, 3.63) is 59.2 Å². The molecule has 2 amide bonds. The first-order valence-electron chi connectivity index (χ1n) is 7.82. The Morgan fingerprint density at radius 3 is 2.67 bits per heavy atom. The first-order valence-corrected chi connectivity index (χ1v) is 8.81. The van der Waals surface area contributed by atoms with E-state index < -0.39 is 0 Å². The number of hydrogen-bond donors (Lipinski definition) is 1. The third kappa shape index (κ3) is 3.17. The number of nitrogens with one attached hydrogen (secondary N) is 1. The lowest BCUT2D eigenvalue weighted by Crippen LogP contribution is -2.26. The highest BCUT2D eigenvalue weighted by atomic mass is 32.2. The lowest BCUT2D eigenvalue weighted by atomic mass is 10.00. The van der Waals surface area contributed by atoms with Gasteiger partial charge in [0, 0.05) is 24.7 Å². The van der Waals surface area contributed by atoms with Crippen LogP contribution in [0.2, 0.25) is 0 Å². The number of aryl methyl sites for hydroxylation is 1. The van der Waals surface area contributed by atoms with E-state index in [0.717, 1.165) is 21.8 Å². The SMILES string of the molecule is Cc1ccc(NC(=O)[C@H]2CSc3ccccc32)c(C(=O)N(C)C)c1. The minimum Gasteiger partial charge on any atom is -0.345 e. The van der Waals surface area contributed by atoms with Crippen LogP contribution in [-0.4, -0.2) is 36.6 Å². The van der Waals surface area contributed by atoms with Crippen LogP contribution in [0.25, 0.3) is 0 Å². The van der Waals surface area contributed by atoms with E-state index in [0.29, 0.717) is 11.3 Å². The van der Waals surface area contributed by atoms with Crippen LogP contribution >= 0.6 is 11.8 Å². The third-order valence-electron chi connectivity index (χ3n) is 4.09. The molecule has 0 fully saturated rings. The van der Waals surface area contributed by atoms with Crippen molar-refractivity contribution in [1.29, 1.82) is 0 Å². The van der Waals surface area contributed by atoms with Crippen molar-refractivity contribution in [2.75, 3.05) is 25.2 Å². The molecule has 1 aliphatic heterocycles. The normalized spacial score (nSPS) is 15.7. The third-order valence-corrected chi connectivity index (χ3v) is 5.27. The maximum atomic E-state index is 12.8. The van der Waals surface area contributed by atoms with Crippen LogP contribution in [0.4, 0.5) is 5.69 Å². The molecule has 0 radical (unpaired) electrons. The molecule has 0 unspecified atom stereocenters. The summed E-state index contributed by atoms with van der Waals surface area (Å²) in [6.45, 7) is 1.93. The maximum Gasteiger partial charge on any atom is 0.255 e. The van der Waals surface area contributed by atoms with Crippen LogP contribution in [0.1, 0.15) is 27.4 Å². The molecule has 1 N–H and O–H groups in total. The van der Waals surface area contributed by atoms with E-state index >= 15 is 0 Å². The number of rotatable bonds is 3. The Balaban J connectivity index is 1.87. The summed E-state index contributed by atoms with van der Waals surface area (Å²) in [4.78, 5) is 27.8. The molecule has 4 nitrogen and oxygen atoms in total. The van der Waals surface area contributed by atoms with E-state index in [4.69, 9.17) is 0 Å². The largest absolute Gasteiger partial charge is 0.345 e. The van der Waals surface area contributed by atoms with Gasteiger partial charge in [0.1, 0.15) is 0 Å². The Labute approximate surface area is 146 Å². The van der Waals surface area contributed by atoms with Gasteiger partial charge in [-0.1, -0.05) is 29.8 Å². The summed E-state index contributed by atoms with van der Waals surface area (Å²) in [6, 6.07) is 13.5. The minimum atomic E-state index is -0.185. The van der Waals surface area contributed by atoms with E-state index in [2.05, 4.69) is 5.32 Å². The van der Waals surface area contributed by atoms with Gasteiger partial charge in [-0.25, -0.2) is 0 Å². The molecule has 0 saturated carbocycles. The second-order valence-electron chi connectivity index (χ2n) is 6.14. The van der Waals surface area contributed by atoms with Gasteiger partial charge >= 0.3 is 0 Å². The molecule has 0 bridgehead atoms. The van der Waals surface area contributed by atoms with E-state index in [1.54, 1.807) is 31.9 Å². The van der Waals surface area contributed by atoms with Gasteiger partial charge in [-0.15, -0.1) is 11.8 Å². The number of thioether (sulfide) groups is 1. The number of benzene rings is 2. The highest BCUT2D eigenvalue weighted by Gasteiger charge is 2.29. The second kappa shape index (κ2) is 6.69. The van der Waals surface area contributed by atoms with E-state index in [-0.39, 0.29) is 17.7 Å². The van der Waals surface area contributed by atoms with Crippen LogP contribution < -0.4 is 5.32 Å². The van der Waals surface area contributed by atoms with Gasteiger partial charge in [-0.3, -0.25) is 9.59 Å². The Morgan fingerprint density at radius 1 is 1.17 bits per heavy atom. The molecule has 1 aliphatic rings. The number of amides is 2. The topological polar surface area (TPSA) is 49.4 Å². The fourth-order valence-corrected chi connectivity index (χ4v) is 4.01. The molecule has 24 heavy (non-hydrogen) atoms. The second-order valence-corrected chi connectivity index (χ2v) is 7.20. The van der Waals surface area contributed by atoms with Gasteiger partial charge < -0.3 is 10.2 Å². The zero-order valence-corrected chi connectivity index (χ0v) is 14.8. The van der Waals surface area contributed by atoms with E-state index in [9.17, 15) is 9.59 Å². The molecule has 3 rings (SSSR count). The lowest BCUT2D eigenvalue weighted by Gasteiger charge is -2.17. The zero-order chi connectivity index (χ0) is 17.3. The van der Waals surface area contributed by atoms with Gasteiger partial charge in [0.05, 0.1) is 17.2 Å². The Bertz CT molecular complexity index is 802. The summed E-state index contributed by atoms with van der Waals surface area (Å²) in [7, 11) is 3.42. The smallest absolute Gasteiger partial charge is 0.255 e. The van der Waals surface area contributed by atoms with Crippen molar-refractivity contribution in [1.82, 2.24) is 4.90 Å². The predicted molar refractivity (Wildman–Crippen MR) is 97.7 cm³/mol. The number of hydrogen-bond acceptors (Lipinski definition) is 3. The number of nitrogens with zero attached hydrogens (tertiary/aromatic N) is 1. The van der Waals surface area contributed by atoms with Crippen LogP contribution in [0.3, 0.4) is 0 Å². The van der Waals surface area contributed by atoms with Gasteiger partial charge in [0.15, 0.2) is 0 Å². The average molecular weight is 340 g/mol. The lowest BCUT2D eigenvalue weighted by molar-refractivity contribution is -0.117. The summed E-state index contributed by atoms with van der Waals surface area (Å²) < 4.78 is 0. The molecule has 0 spiro atoms. The van der Waals surface area contributed by atoms with Crippen molar-refractivity contribution in [2.45, 2.75) is 17.7 Å². The van der Waals surface area contributed by atoms with Crippen LogP contribution in [0.15, 0.2) is 47.4 Å². The van der Waals surface area contributed by atoms with Gasteiger partial charge in [0.2, 0.25) is 5.91 Å². The monoisotopic (exact) mass is 340 g/mol. The predicted octanol–water partition coefficient (Wildman–Crippen LogP) is 3.52. The highest BCUT2D eigenvalue weighted by molar-refractivity contribution is 7.99. The number of fused-ring (bicyclic) bond motifs is 1. The summed E-state index contributed by atoms with van der Waals surface area (Å²) in [5.74, 6) is 0.364. The van der Waals surface area contributed by atoms with Gasteiger partial charge in [0.25, 0.3) is 5.91 Å².